The predicted molar refractivity (Wildman–Crippen MR) is 84.0 cm³/mol. The van der Waals surface area contributed by atoms with Gasteiger partial charge in [0.1, 0.15) is 10.8 Å². The molecule has 3 aromatic rings. The number of aromatic nitrogens is 4. The van der Waals surface area contributed by atoms with E-state index in [4.69, 9.17) is 0 Å². The molecule has 0 aromatic carbocycles. The zero-order chi connectivity index (χ0) is 13.9. The second kappa shape index (κ2) is 5.80. The largest absolute Gasteiger partial charge is 0.366 e. The van der Waals surface area contributed by atoms with Crippen molar-refractivity contribution in [2.45, 2.75) is 11.6 Å². The van der Waals surface area contributed by atoms with Crippen LogP contribution < -0.4 is 5.32 Å². The summed E-state index contributed by atoms with van der Waals surface area (Å²) in [5, 5.41) is 8.66. The van der Waals surface area contributed by atoms with Crippen molar-refractivity contribution < 1.29 is 0 Å². The summed E-state index contributed by atoms with van der Waals surface area (Å²) >= 11 is 5.07. The van der Waals surface area contributed by atoms with Crippen LogP contribution in [-0.4, -0.2) is 25.8 Å². The number of rotatable bonds is 4. The van der Waals surface area contributed by atoms with E-state index in [1.165, 1.54) is 0 Å². The van der Waals surface area contributed by atoms with Crippen molar-refractivity contribution >= 4 is 39.2 Å². The predicted octanol–water partition coefficient (Wildman–Crippen LogP) is 3.22. The molecular formula is C13H12BrN5S. The fourth-order valence-corrected chi connectivity index (χ4v) is 2.60. The maximum Gasteiger partial charge on any atom is 0.172 e. The van der Waals surface area contributed by atoms with Gasteiger partial charge in [0, 0.05) is 25.0 Å². The normalized spacial score (nSPS) is 10.9. The molecule has 0 radical (unpaired) electrons. The molecular weight excluding hydrogens is 338 g/mol. The third-order valence-electron chi connectivity index (χ3n) is 2.81. The molecule has 0 fully saturated rings. The number of thioether (sulfide) groups is 1. The highest BCUT2D eigenvalue weighted by Crippen LogP contribution is 2.24. The van der Waals surface area contributed by atoms with Crippen LogP contribution >= 0.6 is 27.7 Å². The molecule has 20 heavy (non-hydrogen) atoms. The lowest BCUT2D eigenvalue weighted by Gasteiger charge is -2.09. The van der Waals surface area contributed by atoms with Crippen LogP contribution in [0.3, 0.4) is 0 Å². The highest BCUT2D eigenvalue weighted by atomic mass is 79.9. The van der Waals surface area contributed by atoms with E-state index in [1.54, 1.807) is 28.7 Å². The van der Waals surface area contributed by atoms with Gasteiger partial charge in [-0.05, 0) is 33.8 Å². The Labute approximate surface area is 129 Å². The van der Waals surface area contributed by atoms with E-state index in [2.05, 4.69) is 36.3 Å². The molecule has 3 rings (SSSR count). The van der Waals surface area contributed by atoms with E-state index < -0.39 is 0 Å². The quantitative estimate of drug-likeness (QED) is 0.578. The number of nitrogens with one attached hydrogen (secondary N) is 1. The number of pyridine rings is 1. The Morgan fingerprint density at radius 1 is 1.40 bits per heavy atom. The molecule has 102 valence electrons. The molecule has 0 spiro atoms. The van der Waals surface area contributed by atoms with Gasteiger partial charge in [-0.2, -0.15) is 9.61 Å². The van der Waals surface area contributed by atoms with Gasteiger partial charge in [0.25, 0.3) is 0 Å². The van der Waals surface area contributed by atoms with Crippen molar-refractivity contribution in [3.8, 4) is 0 Å². The lowest BCUT2D eigenvalue weighted by molar-refractivity contribution is 0.903. The van der Waals surface area contributed by atoms with Crippen molar-refractivity contribution in [2.24, 2.45) is 0 Å². The van der Waals surface area contributed by atoms with Crippen molar-refractivity contribution in [2.75, 3.05) is 11.6 Å². The van der Waals surface area contributed by atoms with Gasteiger partial charge in [0.2, 0.25) is 0 Å². The lowest BCUT2D eigenvalue weighted by Crippen LogP contribution is -2.06. The molecule has 0 amide bonds. The zero-order valence-electron chi connectivity index (χ0n) is 10.7. The van der Waals surface area contributed by atoms with Crippen LogP contribution in [0.1, 0.15) is 5.56 Å². The lowest BCUT2D eigenvalue weighted by atomic mass is 10.3. The summed E-state index contributed by atoms with van der Waals surface area (Å²) in [6.07, 6.45) is 7.38. The molecule has 3 aromatic heterocycles. The maximum atomic E-state index is 4.53. The van der Waals surface area contributed by atoms with E-state index in [-0.39, 0.29) is 0 Å². The van der Waals surface area contributed by atoms with Crippen LogP contribution in [-0.2, 0) is 6.54 Å². The summed E-state index contributed by atoms with van der Waals surface area (Å²) in [4.78, 5) is 8.64. The van der Waals surface area contributed by atoms with Crippen molar-refractivity contribution in [1.82, 2.24) is 19.6 Å². The highest BCUT2D eigenvalue weighted by molar-refractivity contribution is 9.10. The van der Waals surface area contributed by atoms with Gasteiger partial charge in [-0.1, -0.05) is 6.07 Å². The Bertz CT molecular complexity index is 728. The standard InChI is InChI=1S/C13H12BrN5S/c1-20-12-5-11(16-7-9-3-2-4-15-6-9)19-13(18-12)10(14)8-17-19/h2-6,8,16H,7H2,1H3. The fraction of sp³-hybridized carbons (Fsp3) is 0.154. The van der Waals surface area contributed by atoms with Crippen LogP contribution in [0.15, 0.2) is 46.3 Å². The molecule has 3 heterocycles. The van der Waals surface area contributed by atoms with Crippen LogP contribution in [0.2, 0.25) is 0 Å². The smallest absolute Gasteiger partial charge is 0.172 e. The van der Waals surface area contributed by atoms with Gasteiger partial charge in [-0.3, -0.25) is 4.98 Å². The van der Waals surface area contributed by atoms with Gasteiger partial charge >= 0.3 is 0 Å². The van der Waals surface area contributed by atoms with Crippen molar-refractivity contribution in [1.29, 1.82) is 0 Å². The molecule has 7 heteroatoms. The van der Waals surface area contributed by atoms with Crippen LogP contribution in [0.4, 0.5) is 5.82 Å². The summed E-state index contributed by atoms with van der Waals surface area (Å²) in [6.45, 7) is 0.693. The zero-order valence-corrected chi connectivity index (χ0v) is 13.1. The molecule has 0 aliphatic heterocycles. The van der Waals surface area contributed by atoms with E-state index in [9.17, 15) is 0 Å². The molecule has 0 bridgehead atoms. The Hall–Kier alpha value is -1.60. The minimum absolute atomic E-state index is 0.693. The molecule has 0 saturated carbocycles. The van der Waals surface area contributed by atoms with Gasteiger partial charge < -0.3 is 5.32 Å². The fourth-order valence-electron chi connectivity index (χ4n) is 1.84. The summed E-state index contributed by atoms with van der Waals surface area (Å²) in [5.74, 6) is 0.911. The Kier molecular flexibility index (Phi) is 3.88. The molecule has 0 aliphatic carbocycles. The highest BCUT2D eigenvalue weighted by Gasteiger charge is 2.09. The summed E-state index contributed by atoms with van der Waals surface area (Å²) < 4.78 is 2.68. The summed E-state index contributed by atoms with van der Waals surface area (Å²) in [5.41, 5.74) is 1.93. The Morgan fingerprint density at radius 3 is 3.05 bits per heavy atom. The summed E-state index contributed by atoms with van der Waals surface area (Å²) in [7, 11) is 0. The van der Waals surface area contributed by atoms with Gasteiger partial charge in [0.15, 0.2) is 5.65 Å². The number of anilines is 1. The van der Waals surface area contributed by atoms with Crippen molar-refractivity contribution in [3.05, 3.63) is 46.8 Å². The third kappa shape index (κ3) is 2.64. The molecule has 0 aliphatic rings. The average molecular weight is 350 g/mol. The Balaban J connectivity index is 1.94. The second-order valence-corrected chi connectivity index (χ2v) is 5.81. The van der Waals surface area contributed by atoms with Gasteiger partial charge in [0.05, 0.1) is 10.7 Å². The summed E-state index contributed by atoms with van der Waals surface area (Å²) in [6, 6.07) is 5.96. The second-order valence-electron chi connectivity index (χ2n) is 4.13. The number of hydrogen-bond donors (Lipinski definition) is 1. The minimum Gasteiger partial charge on any atom is -0.366 e. The van der Waals surface area contributed by atoms with Crippen LogP contribution in [0.5, 0.6) is 0 Å². The molecule has 5 nitrogen and oxygen atoms in total. The van der Waals surface area contributed by atoms with Crippen molar-refractivity contribution in [3.63, 3.8) is 0 Å². The minimum atomic E-state index is 0.693. The van der Waals surface area contributed by atoms with Gasteiger partial charge in [-0.15, -0.1) is 11.8 Å². The number of hydrogen-bond acceptors (Lipinski definition) is 5. The molecule has 0 unspecified atom stereocenters. The van der Waals surface area contributed by atoms with E-state index in [0.29, 0.717) is 6.54 Å². The number of nitrogens with zero attached hydrogens (tertiary/aromatic N) is 4. The maximum absolute atomic E-state index is 4.53. The van der Waals surface area contributed by atoms with E-state index in [0.717, 1.165) is 26.5 Å². The number of halogens is 1. The Morgan fingerprint density at radius 2 is 2.30 bits per heavy atom. The average Bonchev–Trinajstić information content (AvgIpc) is 2.87. The number of fused-ring (bicyclic) bond motifs is 1. The van der Waals surface area contributed by atoms with E-state index in [1.807, 2.05) is 30.7 Å². The third-order valence-corrected chi connectivity index (χ3v) is 4.00. The first-order valence-electron chi connectivity index (χ1n) is 5.99. The van der Waals surface area contributed by atoms with E-state index >= 15 is 0 Å². The van der Waals surface area contributed by atoms with Crippen LogP contribution in [0.25, 0.3) is 5.65 Å². The first kappa shape index (κ1) is 13.4. The first-order chi connectivity index (χ1) is 9.78. The van der Waals surface area contributed by atoms with Gasteiger partial charge in [-0.25, -0.2) is 4.98 Å². The van der Waals surface area contributed by atoms with Crippen LogP contribution in [0, 0.1) is 0 Å². The first-order valence-corrected chi connectivity index (χ1v) is 8.01. The topological polar surface area (TPSA) is 55.1 Å². The molecule has 0 saturated heterocycles. The molecule has 1 N–H and O–H groups in total. The SMILES string of the molecule is CSc1cc(NCc2cccnc2)n2ncc(Br)c2n1. The molecule has 0 atom stereocenters. The monoisotopic (exact) mass is 349 g/mol.